The Hall–Kier alpha value is -1.70. The summed E-state index contributed by atoms with van der Waals surface area (Å²) in [6.07, 6.45) is 2.61. The predicted octanol–water partition coefficient (Wildman–Crippen LogP) is 8.41. The highest BCUT2D eigenvalue weighted by atomic mass is 16.3. The Morgan fingerprint density at radius 1 is 0.733 bits per heavy atom. The molecule has 0 saturated heterocycles. The minimum Gasteiger partial charge on any atom is -0.512 e. The van der Waals surface area contributed by atoms with Crippen LogP contribution in [0.5, 0.6) is 5.75 Å². The Balaban J connectivity index is 3.19. The maximum absolute atomic E-state index is 11.0. The van der Waals surface area contributed by atoms with Crippen LogP contribution in [0.3, 0.4) is 0 Å². The van der Waals surface area contributed by atoms with E-state index in [-0.39, 0.29) is 27.1 Å². The Morgan fingerprint density at radius 2 is 1.23 bits per heavy atom. The molecule has 1 aromatic carbocycles. The molecule has 0 fully saturated rings. The highest BCUT2D eigenvalue weighted by Gasteiger charge is 2.56. The van der Waals surface area contributed by atoms with Gasteiger partial charge in [-0.05, 0) is 62.1 Å². The molecular formula is C28H44O2. The van der Waals surface area contributed by atoms with Crippen LogP contribution in [0.15, 0.2) is 35.6 Å². The number of phenolic OH excluding ortho intramolecular Hbond substituents is 1. The largest absolute Gasteiger partial charge is 0.512 e. The van der Waals surface area contributed by atoms with E-state index in [2.05, 4.69) is 89.2 Å². The van der Waals surface area contributed by atoms with E-state index in [0.717, 1.165) is 5.56 Å². The molecule has 1 aliphatic rings. The van der Waals surface area contributed by atoms with E-state index in [1.807, 2.05) is 18.2 Å². The minimum atomic E-state index is -0.293. The summed E-state index contributed by atoms with van der Waals surface area (Å²) in [6, 6.07) is 5.84. The molecule has 0 spiro atoms. The normalized spacial score (nSPS) is 18.5. The quantitative estimate of drug-likeness (QED) is 0.486. The lowest BCUT2D eigenvalue weighted by molar-refractivity contribution is 0.0156. The molecule has 0 aliphatic heterocycles. The first kappa shape index (κ1) is 24.6. The van der Waals surface area contributed by atoms with Crippen molar-refractivity contribution in [2.45, 2.75) is 94.9 Å². The molecule has 0 saturated carbocycles. The molecular weight excluding hydrogens is 368 g/mol. The zero-order valence-corrected chi connectivity index (χ0v) is 21.4. The summed E-state index contributed by atoms with van der Waals surface area (Å²) in [4.78, 5) is 0. The van der Waals surface area contributed by atoms with Gasteiger partial charge in [0, 0.05) is 11.8 Å². The van der Waals surface area contributed by atoms with Crippen LogP contribution in [-0.2, 0) is 5.41 Å². The van der Waals surface area contributed by atoms with E-state index in [9.17, 15) is 10.2 Å². The van der Waals surface area contributed by atoms with Gasteiger partial charge in [-0.2, -0.15) is 0 Å². The second kappa shape index (κ2) is 7.18. The fourth-order valence-electron chi connectivity index (χ4n) is 5.62. The van der Waals surface area contributed by atoms with Crippen molar-refractivity contribution in [3.8, 4) is 5.75 Å². The lowest BCUT2D eigenvalue weighted by Gasteiger charge is -2.58. The highest BCUT2D eigenvalue weighted by Crippen LogP contribution is 2.66. The van der Waals surface area contributed by atoms with Crippen molar-refractivity contribution in [2.75, 3.05) is 0 Å². The van der Waals surface area contributed by atoms with Crippen LogP contribution in [0.1, 0.15) is 101 Å². The molecule has 0 atom stereocenters. The van der Waals surface area contributed by atoms with Crippen molar-refractivity contribution >= 4 is 5.57 Å². The van der Waals surface area contributed by atoms with E-state index in [0.29, 0.717) is 17.9 Å². The molecule has 0 bridgehead atoms. The van der Waals surface area contributed by atoms with Gasteiger partial charge in [0.05, 0.1) is 5.76 Å². The standard InChI is InChI=1S/C28H44O2/c1-24(2,3)21-15-18(29)13-14-20(21)23-22(25(4,5)6)16-19(30)17-28(23,26(7,8)9)27(10,11)12/h13-16,29-30H,17H2,1-12H3. The van der Waals surface area contributed by atoms with Gasteiger partial charge in [0.2, 0.25) is 0 Å². The Labute approximate surface area is 185 Å². The van der Waals surface area contributed by atoms with Crippen molar-refractivity contribution in [2.24, 2.45) is 21.7 Å². The molecule has 30 heavy (non-hydrogen) atoms. The lowest BCUT2D eigenvalue weighted by Crippen LogP contribution is -2.49. The van der Waals surface area contributed by atoms with Crippen LogP contribution in [0.25, 0.3) is 5.57 Å². The van der Waals surface area contributed by atoms with Crippen LogP contribution in [-0.4, -0.2) is 10.2 Å². The maximum Gasteiger partial charge on any atom is 0.115 e. The van der Waals surface area contributed by atoms with Gasteiger partial charge in [-0.15, -0.1) is 0 Å². The van der Waals surface area contributed by atoms with Crippen LogP contribution in [0.2, 0.25) is 0 Å². The summed E-state index contributed by atoms with van der Waals surface area (Å²) in [5.74, 6) is 0.762. The zero-order chi connectivity index (χ0) is 23.5. The lowest BCUT2D eigenvalue weighted by atomic mass is 9.45. The van der Waals surface area contributed by atoms with Crippen LogP contribution < -0.4 is 0 Å². The van der Waals surface area contributed by atoms with Gasteiger partial charge in [0.1, 0.15) is 5.75 Å². The number of aliphatic hydroxyl groups excluding tert-OH is 1. The van der Waals surface area contributed by atoms with Crippen molar-refractivity contribution in [3.63, 3.8) is 0 Å². The summed E-state index contributed by atoms with van der Waals surface area (Å²) in [7, 11) is 0. The number of hydrogen-bond donors (Lipinski definition) is 2. The van der Waals surface area contributed by atoms with Crippen LogP contribution in [0.4, 0.5) is 0 Å². The number of benzene rings is 1. The Morgan fingerprint density at radius 3 is 1.63 bits per heavy atom. The first-order valence-electron chi connectivity index (χ1n) is 11.2. The van der Waals surface area contributed by atoms with Gasteiger partial charge in [-0.1, -0.05) is 89.2 Å². The van der Waals surface area contributed by atoms with Gasteiger partial charge in [-0.25, -0.2) is 0 Å². The molecule has 1 aliphatic carbocycles. The third-order valence-electron chi connectivity index (χ3n) is 6.90. The summed E-state index contributed by atoms with van der Waals surface area (Å²) in [5.41, 5.74) is 4.07. The van der Waals surface area contributed by atoms with E-state index < -0.39 is 0 Å². The topological polar surface area (TPSA) is 40.5 Å². The number of aliphatic hydroxyl groups is 1. The first-order valence-corrected chi connectivity index (χ1v) is 11.2. The molecule has 0 aromatic heterocycles. The molecule has 0 radical (unpaired) electrons. The molecule has 2 heteroatoms. The molecule has 168 valence electrons. The molecule has 0 amide bonds. The predicted molar refractivity (Wildman–Crippen MR) is 130 cm³/mol. The van der Waals surface area contributed by atoms with E-state index in [1.165, 1.54) is 16.7 Å². The third-order valence-corrected chi connectivity index (χ3v) is 6.90. The molecule has 1 aromatic rings. The Bertz CT molecular complexity index is 855. The van der Waals surface area contributed by atoms with Gasteiger partial charge in [-0.3, -0.25) is 0 Å². The number of hydrogen-bond acceptors (Lipinski definition) is 2. The van der Waals surface area contributed by atoms with E-state index in [4.69, 9.17) is 0 Å². The summed E-state index contributed by atoms with van der Waals surface area (Å²) < 4.78 is 0. The Kier molecular flexibility index (Phi) is 5.88. The van der Waals surface area contributed by atoms with Crippen LogP contribution in [0, 0.1) is 21.7 Å². The second-order valence-corrected chi connectivity index (χ2v) is 13.2. The average Bonchev–Trinajstić information content (AvgIpc) is 2.50. The van der Waals surface area contributed by atoms with Gasteiger partial charge in [0.15, 0.2) is 0 Å². The smallest absolute Gasteiger partial charge is 0.115 e. The third kappa shape index (κ3) is 4.07. The van der Waals surface area contributed by atoms with Crippen molar-refractivity contribution in [1.82, 2.24) is 0 Å². The monoisotopic (exact) mass is 412 g/mol. The minimum absolute atomic E-state index is 0.105. The second-order valence-electron chi connectivity index (χ2n) is 13.2. The number of rotatable bonds is 1. The van der Waals surface area contributed by atoms with Crippen molar-refractivity contribution in [1.29, 1.82) is 0 Å². The van der Waals surface area contributed by atoms with E-state index in [1.54, 1.807) is 0 Å². The molecule has 0 heterocycles. The highest BCUT2D eigenvalue weighted by molar-refractivity contribution is 5.82. The number of allylic oxidation sites excluding steroid dienone is 4. The molecule has 2 nitrogen and oxygen atoms in total. The van der Waals surface area contributed by atoms with E-state index >= 15 is 0 Å². The molecule has 2 N–H and O–H groups in total. The summed E-state index contributed by atoms with van der Waals surface area (Å²) in [6.45, 7) is 27.1. The van der Waals surface area contributed by atoms with Crippen LogP contribution >= 0.6 is 0 Å². The average molecular weight is 413 g/mol. The number of aromatic hydroxyl groups is 1. The molecule has 2 rings (SSSR count). The van der Waals surface area contributed by atoms with Crippen molar-refractivity contribution in [3.05, 3.63) is 46.7 Å². The first-order chi connectivity index (χ1) is 13.2. The van der Waals surface area contributed by atoms with Crippen molar-refractivity contribution < 1.29 is 10.2 Å². The van der Waals surface area contributed by atoms with Gasteiger partial charge < -0.3 is 10.2 Å². The zero-order valence-electron chi connectivity index (χ0n) is 21.4. The van der Waals surface area contributed by atoms with Gasteiger partial charge in [0.25, 0.3) is 0 Å². The maximum atomic E-state index is 11.0. The SMILES string of the molecule is CC(C)(C)C1=C(c2ccc(O)cc2C(C)(C)C)C(C(C)(C)C)(C(C)(C)C)CC(O)=C1. The number of phenols is 1. The fraction of sp³-hybridized carbons (Fsp3) is 0.643. The summed E-state index contributed by atoms with van der Waals surface area (Å²) >= 11 is 0. The fourth-order valence-corrected chi connectivity index (χ4v) is 5.62. The summed E-state index contributed by atoms with van der Waals surface area (Å²) in [5, 5.41) is 21.4. The molecule has 0 unspecified atom stereocenters. The van der Waals surface area contributed by atoms with Gasteiger partial charge >= 0.3 is 0 Å².